The molecule has 3 atom stereocenters. The minimum Gasteiger partial charge on any atom is -0.550 e. The van der Waals surface area contributed by atoms with E-state index in [9.17, 15) is 9.90 Å². The third kappa shape index (κ3) is 15.0. The maximum atomic E-state index is 11.4. The zero-order valence-electron chi connectivity index (χ0n) is 22.2. The average Bonchev–Trinajstić information content (AvgIpc) is 2.54. The number of hydrogen-bond acceptors (Lipinski definition) is 2. The second-order valence-electron chi connectivity index (χ2n) is 11.7. The van der Waals surface area contributed by atoms with Crippen LogP contribution in [0.3, 0.4) is 0 Å². The first-order valence-electron chi connectivity index (χ1n) is 12.1. The van der Waals surface area contributed by atoms with Crippen molar-refractivity contribution in [2.45, 2.75) is 109 Å². The molecule has 0 amide bonds. The van der Waals surface area contributed by atoms with E-state index in [1.165, 1.54) is 30.7 Å². The lowest BCUT2D eigenvalue weighted by molar-refractivity contribution is -0.921. The molecule has 0 spiro atoms. The van der Waals surface area contributed by atoms with Crippen LogP contribution in [0.25, 0.3) is 0 Å². The van der Waals surface area contributed by atoms with Gasteiger partial charge in [-0.25, -0.2) is 0 Å². The van der Waals surface area contributed by atoms with Gasteiger partial charge >= 0.3 is 0 Å². The van der Waals surface area contributed by atoms with Crippen LogP contribution in [0.4, 0.5) is 0 Å². The van der Waals surface area contributed by atoms with Crippen molar-refractivity contribution in [3.63, 3.8) is 0 Å². The summed E-state index contributed by atoms with van der Waals surface area (Å²) in [4.78, 5) is 11.4. The van der Waals surface area contributed by atoms with E-state index in [1.54, 1.807) is 0 Å². The fraction of sp³-hybridized carbons (Fsp3) is 0.962. The average molecular weight is 414 g/mol. The molecule has 0 saturated carbocycles. The molecule has 3 nitrogen and oxygen atoms in total. The summed E-state index contributed by atoms with van der Waals surface area (Å²) in [6.45, 7) is 31.7. The largest absolute Gasteiger partial charge is 0.550 e. The first-order chi connectivity index (χ1) is 13.1. The zero-order chi connectivity index (χ0) is 23.5. The standard InChI is InChI=1S/C18H36O2.C8H20N/c1-13(11-17(3,4)5)9-10-15(16(19)20)14(2)12-18(6,7)8;1-5-9(6-2,7-3)8-4/h13-15H,9-12H2,1-8H3,(H,19,20);5-8H2,1-4H3/q;+1/p-1. The van der Waals surface area contributed by atoms with E-state index in [2.05, 4.69) is 83.1 Å². The molecule has 0 aliphatic heterocycles. The molecule has 176 valence electrons. The first-order valence-corrected chi connectivity index (χ1v) is 12.1. The molecule has 0 aromatic carbocycles. The predicted octanol–water partition coefficient (Wildman–Crippen LogP) is 6.16. The van der Waals surface area contributed by atoms with Crippen LogP contribution in [-0.4, -0.2) is 36.6 Å². The molecule has 0 N–H and O–H groups in total. The Balaban J connectivity index is 0. The van der Waals surface area contributed by atoms with Gasteiger partial charge in [0.2, 0.25) is 0 Å². The highest BCUT2D eigenvalue weighted by Gasteiger charge is 2.25. The monoisotopic (exact) mass is 413 g/mol. The minimum absolute atomic E-state index is 0.171. The Hall–Kier alpha value is -0.570. The summed E-state index contributed by atoms with van der Waals surface area (Å²) in [7, 11) is 0. The molecule has 29 heavy (non-hydrogen) atoms. The van der Waals surface area contributed by atoms with Crippen LogP contribution < -0.4 is 5.11 Å². The zero-order valence-corrected chi connectivity index (χ0v) is 22.2. The summed E-state index contributed by atoms with van der Waals surface area (Å²) in [5.41, 5.74) is 0.484. The van der Waals surface area contributed by atoms with Crippen molar-refractivity contribution in [3.8, 4) is 0 Å². The van der Waals surface area contributed by atoms with Crippen molar-refractivity contribution >= 4 is 5.97 Å². The minimum atomic E-state index is -0.871. The van der Waals surface area contributed by atoms with Gasteiger partial charge in [-0.3, -0.25) is 0 Å². The second-order valence-corrected chi connectivity index (χ2v) is 11.7. The molecular formula is C26H55NO2. The number of carboxylic acids is 1. The van der Waals surface area contributed by atoms with Gasteiger partial charge in [0.05, 0.1) is 26.2 Å². The Bertz CT molecular complexity index is 409. The Kier molecular flexibility index (Phi) is 14.4. The van der Waals surface area contributed by atoms with Crippen LogP contribution in [0.1, 0.15) is 109 Å². The Morgan fingerprint density at radius 2 is 1.14 bits per heavy atom. The Morgan fingerprint density at radius 1 is 0.759 bits per heavy atom. The van der Waals surface area contributed by atoms with Crippen LogP contribution in [0, 0.1) is 28.6 Å². The molecule has 0 rings (SSSR count). The number of nitrogens with zero attached hydrogens (tertiary/aromatic N) is 1. The molecule has 3 unspecified atom stereocenters. The highest BCUT2D eigenvalue weighted by molar-refractivity contribution is 5.67. The van der Waals surface area contributed by atoms with Gasteiger partial charge in [0.25, 0.3) is 0 Å². The number of carbonyl (C=O) groups excluding carboxylic acids is 1. The van der Waals surface area contributed by atoms with Crippen molar-refractivity contribution in [2.75, 3.05) is 26.2 Å². The SMILES string of the molecule is CC(CCC(C(=O)[O-])C(C)CC(C)(C)C)CC(C)(C)C.CC[N+](CC)(CC)CC. The third-order valence-corrected chi connectivity index (χ3v) is 6.54. The fourth-order valence-corrected chi connectivity index (χ4v) is 4.70. The highest BCUT2D eigenvalue weighted by Crippen LogP contribution is 2.33. The summed E-state index contributed by atoms with van der Waals surface area (Å²) in [5, 5.41) is 11.4. The van der Waals surface area contributed by atoms with Crippen molar-refractivity contribution in [1.29, 1.82) is 0 Å². The number of rotatable bonds is 11. The van der Waals surface area contributed by atoms with Gasteiger partial charge in [-0.1, -0.05) is 61.8 Å². The molecule has 0 fully saturated rings. The smallest absolute Gasteiger partial charge is 0.0757 e. The van der Waals surface area contributed by atoms with Crippen LogP contribution in [-0.2, 0) is 4.79 Å². The molecule has 0 bridgehead atoms. The van der Waals surface area contributed by atoms with Crippen LogP contribution in [0.5, 0.6) is 0 Å². The van der Waals surface area contributed by atoms with Crippen molar-refractivity contribution in [3.05, 3.63) is 0 Å². The quantitative estimate of drug-likeness (QED) is 0.380. The number of carbonyl (C=O) groups is 1. The van der Waals surface area contributed by atoms with E-state index in [0.717, 1.165) is 25.7 Å². The summed E-state index contributed by atoms with van der Waals surface area (Å²) < 4.78 is 1.28. The molecule has 0 aromatic rings. The van der Waals surface area contributed by atoms with Crippen LogP contribution in [0.2, 0.25) is 0 Å². The van der Waals surface area contributed by atoms with E-state index in [-0.39, 0.29) is 17.3 Å². The Morgan fingerprint density at radius 3 is 1.38 bits per heavy atom. The topological polar surface area (TPSA) is 40.1 Å². The summed E-state index contributed by atoms with van der Waals surface area (Å²) in [6.07, 6.45) is 3.79. The van der Waals surface area contributed by atoms with Crippen molar-refractivity contribution < 1.29 is 14.4 Å². The lowest BCUT2D eigenvalue weighted by Crippen LogP contribution is -2.47. The summed E-state index contributed by atoms with van der Waals surface area (Å²) in [6, 6.07) is 0. The highest BCUT2D eigenvalue weighted by atomic mass is 16.4. The molecule has 0 aliphatic carbocycles. The summed E-state index contributed by atoms with van der Waals surface area (Å²) >= 11 is 0. The van der Waals surface area contributed by atoms with E-state index >= 15 is 0 Å². The number of hydrogen-bond donors (Lipinski definition) is 0. The van der Waals surface area contributed by atoms with Gasteiger partial charge in [0.15, 0.2) is 0 Å². The van der Waals surface area contributed by atoms with Gasteiger partial charge in [0, 0.05) is 11.9 Å². The first kappa shape index (κ1) is 30.6. The van der Waals surface area contributed by atoms with Gasteiger partial charge in [-0.15, -0.1) is 0 Å². The molecule has 0 heterocycles. The van der Waals surface area contributed by atoms with Crippen molar-refractivity contribution in [1.82, 2.24) is 0 Å². The van der Waals surface area contributed by atoms with Gasteiger partial charge in [-0.2, -0.15) is 0 Å². The molecule has 0 aromatic heterocycles. The fourth-order valence-electron chi connectivity index (χ4n) is 4.70. The van der Waals surface area contributed by atoms with E-state index in [1.807, 2.05) is 0 Å². The van der Waals surface area contributed by atoms with Crippen molar-refractivity contribution in [2.24, 2.45) is 28.6 Å². The molecule has 3 heteroatoms. The van der Waals surface area contributed by atoms with Gasteiger partial charge in [0.1, 0.15) is 0 Å². The molecular weight excluding hydrogens is 358 g/mol. The molecule has 0 radical (unpaired) electrons. The summed E-state index contributed by atoms with van der Waals surface area (Å²) in [5.74, 6) is -0.429. The van der Waals surface area contributed by atoms with E-state index in [0.29, 0.717) is 11.3 Å². The van der Waals surface area contributed by atoms with E-state index < -0.39 is 5.97 Å². The maximum Gasteiger partial charge on any atom is 0.0757 e. The lowest BCUT2D eigenvalue weighted by Gasteiger charge is -2.34. The number of carboxylic acid groups (broad SMARTS) is 1. The number of quaternary nitrogens is 1. The van der Waals surface area contributed by atoms with E-state index in [4.69, 9.17) is 0 Å². The molecule has 0 aliphatic rings. The third-order valence-electron chi connectivity index (χ3n) is 6.54. The second kappa shape index (κ2) is 13.7. The number of aliphatic carboxylic acids is 1. The Labute approximate surface area is 184 Å². The van der Waals surface area contributed by atoms with Gasteiger partial charge < -0.3 is 14.4 Å². The normalized spacial score (nSPS) is 15.9. The molecule has 0 saturated heterocycles. The van der Waals surface area contributed by atoms with Crippen LogP contribution in [0.15, 0.2) is 0 Å². The van der Waals surface area contributed by atoms with Crippen LogP contribution >= 0.6 is 0 Å². The predicted molar refractivity (Wildman–Crippen MR) is 127 cm³/mol. The lowest BCUT2D eigenvalue weighted by atomic mass is 9.76. The van der Waals surface area contributed by atoms with Gasteiger partial charge in [-0.05, 0) is 69.6 Å². The maximum absolute atomic E-state index is 11.4.